The van der Waals surface area contributed by atoms with Crippen LogP contribution in [-0.2, 0) is 0 Å². The van der Waals surface area contributed by atoms with E-state index in [1.165, 1.54) is 4.90 Å². The maximum absolute atomic E-state index is 12.6. The Balaban J connectivity index is 2.25. The summed E-state index contributed by atoms with van der Waals surface area (Å²) in [5.74, 6) is -1.23. The van der Waals surface area contributed by atoms with Crippen molar-refractivity contribution in [2.45, 2.75) is 12.6 Å². The first-order valence-corrected chi connectivity index (χ1v) is 5.58. The van der Waals surface area contributed by atoms with Crippen molar-refractivity contribution in [3.05, 3.63) is 17.0 Å². The Kier molecular flexibility index (Phi) is 3.43. The fourth-order valence-electron chi connectivity index (χ4n) is 1.94. The van der Waals surface area contributed by atoms with Gasteiger partial charge in [0.1, 0.15) is 17.3 Å². The fourth-order valence-corrected chi connectivity index (χ4v) is 2.11. The van der Waals surface area contributed by atoms with Crippen LogP contribution in [0.25, 0.3) is 0 Å². The van der Waals surface area contributed by atoms with E-state index < -0.39 is 12.1 Å². The summed E-state index contributed by atoms with van der Waals surface area (Å²) >= 11 is 5.70. The molecule has 0 amide bonds. The molecule has 1 aromatic heterocycles. The molecule has 1 saturated heterocycles. The second-order valence-electron chi connectivity index (χ2n) is 3.99. The molecular formula is C10H9ClF3N3O. The van der Waals surface area contributed by atoms with Crippen molar-refractivity contribution in [1.29, 1.82) is 0 Å². The third kappa shape index (κ3) is 2.40. The monoisotopic (exact) mass is 279 g/mol. The maximum Gasteiger partial charge on any atom is 0.393 e. The lowest BCUT2D eigenvalue weighted by atomic mass is 10.1. The van der Waals surface area contributed by atoms with E-state index in [-0.39, 0.29) is 36.0 Å². The number of nitrogens with zero attached hydrogens (tertiary/aromatic N) is 3. The lowest BCUT2D eigenvalue weighted by molar-refractivity contribution is -0.168. The Morgan fingerprint density at radius 3 is 2.72 bits per heavy atom. The largest absolute Gasteiger partial charge is 0.393 e. The summed E-state index contributed by atoms with van der Waals surface area (Å²) in [5.41, 5.74) is 0.0296. The molecule has 1 aliphatic rings. The van der Waals surface area contributed by atoms with Crippen LogP contribution in [0.5, 0.6) is 0 Å². The van der Waals surface area contributed by atoms with Crippen molar-refractivity contribution < 1.29 is 18.0 Å². The van der Waals surface area contributed by atoms with Gasteiger partial charge in [-0.25, -0.2) is 9.97 Å². The number of anilines is 1. The topological polar surface area (TPSA) is 46.1 Å². The predicted octanol–water partition coefficient (Wildman–Crippen LogP) is 2.33. The quantitative estimate of drug-likeness (QED) is 0.616. The van der Waals surface area contributed by atoms with Gasteiger partial charge in [-0.05, 0) is 6.42 Å². The van der Waals surface area contributed by atoms with E-state index in [0.717, 1.165) is 6.33 Å². The summed E-state index contributed by atoms with van der Waals surface area (Å²) in [7, 11) is 0. The standard InChI is InChI=1S/C10H9ClF3N3O/c11-8-7(4-18)9(16-5-15-8)17-2-1-6(3-17)10(12,13)14/h4-6H,1-3H2. The molecule has 0 saturated carbocycles. The van der Waals surface area contributed by atoms with Crippen LogP contribution in [0.2, 0.25) is 5.15 Å². The summed E-state index contributed by atoms with van der Waals surface area (Å²) in [4.78, 5) is 19.7. The normalized spacial score (nSPS) is 20.2. The minimum atomic E-state index is -4.23. The molecule has 0 radical (unpaired) electrons. The van der Waals surface area contributed by atoms with Gasteiger partial charge in [-0.3, -0.25) is 4.79 Å². The van der Waals surface area contributed by atoms with Crippen molar-refractivity contribution >= 4 is 23.7 Å². The number of carbonyl (C=O) groups is 1. The highest BCUT2D eigenvalue weighted by molar-refractivity contribution is 6.32. The zero-order valence-corrected chi connectivity index (χ0v) is 9.87. The zero-order valence-electron chi connectivity index (χ0n) is 9.12. The van der Waals surface area contributed by atoms with Crippen molar-refractivity contribution in [3.63, 3.8) is 0 Å². The number of aldehydes is 1. The van der Waals surface area contributed by atoms with Gasteiger partial charge < -0.3 is 4.90 Å². The third-order valence-corrected chi connectivity index (χ3v) is 3.18. The molecule has 2 heterocycles. The van der Waals surface area contributed by atoms with E-state index in [4.69, 9.17) is 11.6 Å². The van der Waals surface area contributed by atoms with Crippen LogP contribution in [0.15, 0.2) is 6.33 Å². The first kappa shape index (κ1) is 13.1. The number of halogens is 4. The highest BCUT2D eigenvalue weighted by Gasteiger charge is 2.44. The molecule has 0 bridgehead atoms. The lowest BCUT2D eigenvalue weighted by Gasteiger charge is -2.19. The average Bonchev–Trinajstić information content (AvgIpc) is 2.77. The fraction of sp³-hybridized carbons (Fsp3) is 0.500. The highest BCUT2D eigenvalue weighted by atomic mass is 35.5. The second kappa shape index (κ2) is 4.72. The van der Waals surface area contributed by atoms with Crippen LogP contribution in [0.1, 0.15) is 16.8 Å². The molecule has 1 atom stereocenters. The van der Waals surface area contributed by atoms with E-state index in [2.05, 4.69) is 9.97 Å². The Labute approximate surface area is 106 Å². The van der Waals surface area contributed by atoms with Crippen molar-refractivity contribution in [2.24, 2.45) is 5.92 Å². The average molecular weight is 280 g/mol. The molecule has 1 aromatic rings. The summed E-state index contributed by atoms with van der Waals surface area (Å²) in [6.07, 6.45) is -2.65. The number of alkyl halides is 3. The van der Waals surface area contributed by atoms with E-state index in [1.807, 2.05) is 0 Å². The first-order chi connectivity index (χ1) is 8.43. The second-order valence-corrected chi connectivity index (χ2v) is 4.35. The molecule has 4 nitrogen and oxygen atoms in total. The predicted molar refractivity (Wildman–Crippen MR) is 58.8 cm³/mol. The maximum atomic E-state index is 12.6. The van der Waals surface area contributed by atoms with Crippen LogP contribution < -0.4 is 4.90 Å². The van der Waals surface area contributed by atoms with E-state index in [0.29, 0.717) is 6.29 Å². The van der Waals surface area contributed by atoms with Gasteiger partial charge in [0.25, 0.3) is 0 Å². The van der Waals surface area contributed by atoms with Gasteiger partial charge in [-0.15, -0.1) is 0 Å². The Bertz CT molecular complexity index is 466. The minimum absolute atomic E-state index is 0.0105. The number of aromatic nitrogens is 2. The molecule has 0 aromatic carbocycles. The number of rotatable bonds is 2. The molecule has 0 N–H and O–H groups in total. The number of carbonyl (C=O) groups excluding carboxylic acids is 1. The smallest absolute Gasteiger partial charge is 0.355 e. The molecule has 18 heavy (non-hydrogen) atoms. The van der Waals surface area contributed by atoms with Gasteiger partial charge in [-0.1, -0.05) is 11.6 Å². The Morgan fingerprint density at radius 2 is 2.17 bits per heavy atom. The van der Waals surface area contributed by atoms with E-state index >= 15 is 0 Å². The van der Waals surface area contributed by atoms with Gasteiger partial charge in [0, 0.05) is 13.1 Å². The van der Waals surface area contributed by atoms with Crippen molar-refractivity contribution in [1.82, 2.24) is 9.97 Å². The molecule has 8 heteroatoms. The molecule has 1 aliphatic heterocycles. The molecule has 2 rings (SSSR count). The molecule has 0 spiro atoms. The van der Waals surface area contributed by atoms with Crippen LogP contribution in [0.3, 0.4) is 0 Å². The van der Waals surface area contributed by atoms with Crippen LogP contribution in [-0.4, -0.2) is 35.5 Å². The van der Waals surface area contributed by atoms with Crippen LogP contribution in [0.4, 0.5) is 19.0 Å². The van der Waals surface area contributed by atoms with Crippen LogP contribution >= 0.6 is 11.6 Å². The SMILES string of the molecule is O=Cc1c(Cl)ncnc1N1CCC(C(F)(F)F)C1. The van der Waals surface area contributed by atoms with Gasteiger partial charge in [0.15, 0.2) is 6.29 Å². The number of hydrogen-bond donors (Lipinski definition) is 0. The number of hydrogen-bond acceptors (Lipinski definition) is 4. The molecule has 0 aliphatic carbocycles. The molecule has 1 fully saturated rings. The van der Waals surface area contributed by atoms with Gasteiger partial charge in [0.2, 0.25) is 0 Å². The minimum Gasteiger partial charge on any atom is -0.355 e. The summed E-state index contributed by atoms with van der Waals surface area (Å²) in [6.45, 7) is -0.0178. The summed E-state index contributed by atoms with van der Waals surface area (Å²) in [5, 5.41) is -0.0505. The van der Waals surface area contributed by atoms with E-state index in [9.17, 15) is 18.0 Å². The van der Waals surface area contributed by atoms with E-state index in [1.54, 1.807) is 0 Å². The highest BCUT2D eigenvalue weighted by Crippen LogP contribution is 2.36. The van der Waals surface area contributed by atoms with Gasteiger partial charge >= 0.3 is 6.18 Å². The summed E-state index contributed by atoms with van der Waals surface area (Å²) < 4.78 is 37.7. The first-order valence-electron chi connectivity index (χ1n) is 5.21. The molecule has 98 valence electrons. The molecule has 1 unspecified atom stereocenters. The molecular weight excluding hydrogens is 271 g/mol. The third-order valence-electron chi connectivity index (χ3n) is 2.88. The zero-order chi connectivity index (χ0) is 13.3. The van der Waals surface area contributed by atoms with Gasteiger partial charge in [0.05, 0.1) is 11.5 Å². The van der Waals surface area contributed by atoms with Crippen molar-refractivity contribution in [2.75, 3.05) is 18.0 Å². The summed E-state index contributed by atoms with van der Waals surface area (Å²) in [6, 6.07) is 0. The van der Waals surface area contributed by atoms with Gasteiger partial charge in [-0.2, -0.15) is 13.2 Å². The van der Waals surface area contributed by atoms with Crippen LogP contribution in [0, 0.1) is 5.92 Å². The lowest BCUT2D eigenvalue weighted by Crippen LogP contribution is -2.28. The Hall–Kier alpha value is -1.37. The Morgan fingerprint density at radius 1 is 1.44 bits per heavy atom. The van der Waals surface area contributed by atoms with Crippen molar-refractivity contribution in [3.8, 4) is 0 Å².